The highest BCUT2D eigenvalue weighted by atomic mass is 16.5. The van der Waals surface area contributed by atoms with Crippen LogP contribution in [0.3, 0.4) is 0 Å². The van der Waals surface area contributed by atoms with Crippen molar-refractivity contribution in [3.8, 4) is 5.75 Å². The molecule has 1 radical (unpaired) electrons. The average Bonchev–Trinajstić information content (AvgIpc) is 2.88. The molecule has 0 saturated carbocycles. The Morgan fingerprint density at radius 1 is 1.03 bits per heavy atom. The molecule has 2 amide bonds. The second kappa shape index (κ2) is 18.2. The number of methoxy groups -OCH3 is 1. The van der Waals surface area contributed by atoms with Crippen molar-refractivity contribution in [2.24, 2.45) is 11.7 Å². The highest BCUT2D eigenvalue weighted by Gasteiger charge is 2.30. The van der Waals surface area contributed by atoms with Crippen molar-refractivity contribution in [2.45, 2.75) is 44.6 Å². The highest BCUT2D eigenvalue weighted by molar-refractivity contribution is 6.37. The fraction of sp³-hybridized carbons (Fsp3) is 0.500. The minimum absolute atomic E-state index is 0.0791. The Kier molecular flexibility index (Phi) is 15.6. The van der Waals surface area contributed by atoms with Crippen LogP contribution in [0, 0.1) is 5.92 Å². The molecule has 0 aromatic heterocycles. The third kappa shape index (κ3) is 12.6. The van der Waals surface area contributed by atoms with Crippen molar-refractivity contribution in [2.75, 3.05) is 33.7 Å². The van der Waals surface area contributed by atoms with Gasteiger partial charge in [-0.05, 0) is 36.5 Å². The van der Waals surface area contributed by atoms with Crippen LogP contribution in [0.15, 0.2) is 49.6 Å². The van der Waals surface area contributed by atoms with Crippen LogP contribution in [-0.2, 0) is 34.9 Å². The summed E-state index contributed by atoms with van der Waals surface area (Å²) in [5, 5.41) is 5.42. The van der Waals surface area contributed by atoms with Gasteiger partial charge >= 0.3 is 13.5 Å². The first kappa shape index (κ1) is 31.9. The van der Waals surface area contributed by atoms with Gasteiger partial charge in [0, 0.05) is 5.82 Å². The summed E-state index contributed by atoms with van der Waals surface area (Å²) in [6.07, 6.45) is 3.83. The molecule has 37 heavy (non-hydrogen) atoms. The second-order valence-corrected chi connectivity index (χ2v) is 8.62. The zero-order valence-electron chi connectivity index (χ0n) is 21.9. The minimum atomic E-state index is -1.03. The molecule has 0 bridgehead atoms. The SMILES string of the molecule is C=CCOC[C@H](NC(=O)[C@H](CC(C)C)NC(=O)[C@@H]([B]OCN)Cc1ccc(OCC=C)cc1)C(=O)OC. The van der Waals surface area contributed by atoms with E-state index in [1.165, 1.54) is 20.7 Å². The molecule has 0 unspecified atom stereocenters. The second-order valence-electron chi connectivity index (χ2n) is 8.62. The Morgan fingerprint density at radius 2 is 1.68 bits per heavy atom. The van der Waals surface area contributed by atoms with Crippen LogP contribution in [0.2, 0.25) is 5.82 Å². The first-order chi connectivity index (χ1) is 17.7. The van der Waals surface area contributed by atoms with Crippen molar-refractivity contribution < 1.29 is 33.2 Å². The van der Waals surface area contributed by atoms with Gasteiger partial charge in [-0.1, -0.05) is 44.7 Å². The van der Waals surface area contributed by atoms with E-state index in [4.69, 9.17) is 24.6 Å². The molecular formula is C26H39BN3O7. The fourth-order valence-corrected chi connectivity index (χ4v) is 3.34. The summed E-state index contributed by atoms with van der Waals surface area (Å²) in [5.74, 6) is -1.57. The van der Waals surface area contributed by atoms with Gasteiger partial charge in [-0.2, -0.15) is 0 Å². The molecule has 0 aliphatic rings. The summed E-state index contributed by atoms with van der Waals surface area (Å²) in [5.41, 5.74) is 6.32. The number of benzene rings is 1. The number of rotatable bonds is 19. The summed E-state index contributed by atoms with van der Waals surface area (Å²) in [7, 11) is 2.58. The predicted octanol–water partition coefficient (Wildman–Crippen LogP) is 1.53. The standard InChI is InChI=1S/C26H39BN3O7/c1-6-12-35-16-23(26(33)34-5)30-25(32)22(14-18(3)4)29-24(31)21(27-37-17-28)15-19-8-10-20(11-9-19)36-13-7-2/h6-11,18,21-23H,1-2,12-17,28H2,3-5H3,(H,29,31)(H,30,32)/t21-,22-,23-/m0/s1. The Labute approximate surface area is 220 Å². The number of esters is 1. The largest absolute Gasteiger partial charge is 0.490 e. The Morgan fingerprint density at radius 3 is 2.24 bits per heavy atom. The van der Waals surface area contributed by atoms with Gasteiger partial charge < -0.3 is 35.2 Å². The molecule has 0 spiro atoms. The molecule has 0 aliphatic carbocycles. The van der Waals surface area contributed by atoms with E-state index in [0.717, 1.165) is 5.56 Å². The van der Waals surface area contributed by atoms with E-state index in [1.807, 2.05) is 26.0 Å². The van der Waals surface area contributed by atoms with E-state index in [0.29, 0.717) is 25.2 Å². The van der Waals surface area contributed by atoms with Gasteiger partial charge in [-0.3, -0.25) is 9.59 Å². The summed E-state index contributed by atoms with van der Waals surface area (Å²) in [4.78, 5) is 38.5. The molecule has 0 fully saturated rings. The molecule has 4 N–H and O–H groups in total. The molecule has 0 aliphatic heterocycles. The number of nitrogens with one attached hydrogen (secondary N) is 2. The van der Waals surface area contributed by atoms with E-state index >= 15 is 0 Å². The first-order valence-corrected chi connectivity index (χ1v) is 12.1. The maximum atomic E-state index is 13.2. The van der Waals surface area contributed by atoms with Gasteiger partial charge in [0.15, 0.2) is 6.04 Å². The maximum Gasteiger partial charge on any atom is 0.330 e. The van der Waals surface area contributed by atoms with Crippen molar-refractivity contribution in [1.29, 1.82) is 0 Å². The van der Waals surface area contributed by atoms with Crippen molar-refractivity contribution in [3.05, 3.63) is 55.1 Å². The molecular weight excluding hydrogens is 477 g/mol. The van der Waals surface area contributed by atoms with Crippen molar-refractivity contribution in [1.82, 2.24) is 10.6 Å². The van der Waals surface area contributed by atoms with Gasteiger partial charge in [0.2, 0.25) is 11.8 Å². The molecule has 11 heteroatoms. The molecule has 1 aromatic carbocycles. The van der Waals surface area contributed by atoms with Crippen LogP contribution in [0.5, 0.6) is 5.75 Å². The quantitative estimate of drug-likeness (QED) is 0.0828. The number of carbonyl (C=O) groups excluding carboxylic acids is 3. The fourth-order valence-electron chi connectivity index (χ4n) is 3.34. The van der Waals surface area contributed by atoms with Crippen LogP contribution in [-0.4, -0.2) is 71.0 Å². The average molecular weight is 516 g/mol. The Bertz CT molecular complexity index is 864. The summed E-state index contributed by atoms with van der Waals surface area (Å²) < 4.78 is 20.8. The monoisotopic (exact) mass is 516 g/mol. The predicted molar refractivity (Wildman–Crippen MR) is 142 cm³/mol. The first-order valence-electron chi connectivity index (χ1n) is 12.1. The smallest absolute Gasteiger partial charge is 0.330 e. The minimum Gasteiger partial charge on any atom is -0.490 e. The molecule has 0 heterocycles. The highest BCUT2D eigenvalue weighted by Crippen LogP contribution is 2.19. The zero-order valence-corrected chi connectivity index (χ0v) is 21.9. The van der Waals surface area contributed by atoms with Crippen LogP contribution >= 0.6 is 0 Å². The number of amides is 2. The lowest BCUT2D eigenvalue weighted by atomic mass is 9.75. The number of carbonyl (C=O) groups is 3. The molecule has 10 nitrogen and oxygen atoms in total. The van der Waals surface area contributed by atoms with Gasteiger partial charge in [0.25, 0.3) is 0 Å². The number of hydrogen-bond acceptors (Lipinski definition) is 8. The molecule has 1 aromatic rings. The summed E-state index contributed by atoms with van der Waals surface area (Å²) in [6.45, 7) is 11.4. The van der Waals surface area contributed by atoms with Crippen LogP contribution in [0.25, 0.3) is 0 Å². The molecule has 3 atom stereocenters. The van der Waals surface area contributed by atoms with Crippen molar-refractivity contribution >= 4 is 25.3 Å². The lowest BCUT2D eigenvalue weighted by Gasteiger charge is -2.25. The van der Waals surface area contributed by atoms with Crippen LogP contribution < -0.4 is 21.1 Å². The third-order valence-corrected chi connectivity index (χ3v) is 5.10. The number of nitrogens with two attached hydrogens (primary N) is 1. The van der Waals surface area contributed by atoms with E-state index in [-0.39, 0.29) is 25.9 Å². The zero-order chi connectivity index (χ0) is 27.6. The molecule has 203 valence electrons. The van der Waals surface area contributed by atoms with Gasteiger partial charge in [0.1, 0.15) is 18.4 Å². The van der Waals surface area contributed by atoms with Gasteiger partial charge in [-0.15, -0.1) is 6.58 Å². The lowest BCUT2D eigenvalue weighted by molar-refractivity contribution is -0.147. The lowest BCUT2D eigenvalue weighted by Crippen LogP contribution is -2.54. The van der Waals surface area contributed by atoms with E-state index < -0.39 is 35.7 Å². The van der Waals surface area contributed by atoms with Gasteiger partial charge in [0.05, 0.1) is 27.1 Å². The van der Waals surface area contributed by atoms with Crippen LogP contribution in [0.1, 0.15) is 25.8 Å². The van der Waals surface area contributed by atoms with E-state index in [1.54, 1.807) is 18.2 Å². The maximum absolute atomic E-state index is 13.2. The topological polar surface area (TPSA) is 138 Å². The molecule has 0 saturated heterocycles. The Hall–Kier alpha value is -3.15. The van der Waals surface area contributed by atoms with E-state index in [9.17, 15) is 14.4 Å². The normalized spacial score (nSPS) is 13.1. The van der Waals surface area contributed by atoms with Gasteiger partial charge in [-0.25, -0.2) is 4.79 Å². The molecule has 1 rings (SSSR count). The number of ether oxygens (including phenoxy) is 3. The summed E-state index contributed by atoms with van der Waals surface area (Å²) in [6, 6.07) is 5.35. The Balaban J connectivity index is 2.97. The number of hydrogen-bond donors (Lipinski definition) is 3. The van der Waals surface area contributed by atoms with Crippen LogP contribution in [0.4, 0.5) is 0 Å². The summed E-state index contributed by atoms with van der Waals surface area (Å²) >= 11 is 0. The van der Waals surface area contributed by atoms with Crippen molar-refractivity contribution in [3.63, 3.8) is 0 Å². The van der Waals surface area contributed by atoms with E-state index in [2.05, 4.69) is 23.8 Å². The third-order valence-electron chi connectivity index (χ3n) is 5.10.